The standard InChI is InChI=1S/C9H8F2N2O2S/c10-7-3-6(13(14)15)4-8(11)9(7)12-1-2-16-5-12/h3-4H,1-2,5H2. The van der Waals surface area contributed by atoms with Gasteiger partial charge in [-0.3, -0.25) is 10.1 Å². The maximum atomic E-state index is 13.5. The zero-order valence-corrected chi connectivity index (χ0v) is 8.97. The van der Waals surface area contributed by atoms with Gasteiger partial charge < -0.3 is 4.90 Å². The molecule has 1 aliphatic heterocycles. The summed E-state index contributed by atoms with van der Waals surface area (Å²) in [4.78, 5) is 11.1. The van der Waals surface area contributed by atoms with Crippen LogP contribution in [0.25, 0.3) is 0 Å². The molecule has 0 radical (unpaired) electrons. The first-order valence-electron chi connectivity index (χ1n) is 4.55. The zero-order valence-electron chi connectivity index (χ0n) is 8.15. The van der Waals surface area contributed by atoms with Gasteiger partial charge in [-0.2, -0.15) is 0 Å². The smallest absolute Gasteiger partial charge is 0.275 e. The van der Waals surface area contributed by atoms with Crippen molar-refractivity contribution in [2.24, 2.45) is 0 Å². The molecule has 86 valence electrons. The van der Waals surface area contributed by atoms with Crippen molar-refractivity contribution in [2.45, 2.75) is 0 Å². The summed E-state index contributed by atoms with van der Waals surface area (Å²) < 4.78 is 27.1. The molecule has 0 saturated carbocycles. The number of halogens is 2. The molecule has 0 amide bonds. The minimum absolute atomic E-state index is 0.171. The molecule has 1 fully saturated rings. The minimum atomic E-state index is -0.880. The molecule has 1 aromatic rings. The van der Waals surface area contributed by atoms with E-state index in [1.165, 1.54) is 0 Å². The van der Waals surface area contributed by atoms with Gasteiger partial charge in [-0.25, -0.2) is 8.78 Å². The first-order chi connectivity index (χ1) is 7.59. The van der Waals surface area contributed by atoms with Crippen LogP contribution >= 0.6 is 11.8 Å². The first-order valence-corrected chi connectivity index (χ1v) is 5.71. The van der Waals surface area contributed by atoms with Crippen molar-refractivity contribution >= 4 is 23.1 Å². The Bertz CT molecular complexity index is 413. The number of hydrogen-bond acceptors (Lipinski definition) is 4. The van der Waals surface area contributed by atoms with Crippen LogP contribution in [0.1, 0.15) is 0 Å². The average Bonchev–Trinajstić information content (AvgIpc) is 2.69. The van der Waals surface area contributed by atoms with Gasteiger partial charge in [-0.1, -0.05) is 0 Å². The Morgan fingerprint density at radius 1 is 1.38 bits per heavy atom. The van der Waals surface area contributed by atoms with Crippen LogP contribution in [0.4, 0.5) is 20.2 Å². The van der Waals surface area contributed by atoms with Crippen LogP contribution in [0.5, 0.6) is 0 Å². The Hall–Kier alpha value is -1.37. The first kappa shape index (κ1) is 11.1. The van der Waals surface area contributed by atoms with E-state index in [0.29, 0.717) is 12.4 Å². The molecule has 2 rings (SSSR count). The Morgan fingerprint density at radius 2 is 2.00 bits per heavy atom. The summed E-state index contributed by atoms with van der Waals surface area (Å²) in [6, 6.07) is 1.50. The maximum Gasteiger partial charge on any atom is 0.275 e. The number of nitrogens with zero attached hydrogens (tertiary/aromatic N) is 2. The molecular formula is C9H8F2N2O2S. The van der Waals surface area contributed by atoms with Crippen LogP contribution in [0.15, 0.2) is 12.1 Å². The van der Waals surface area contributed by atoms with E-state index in [-0.39, 0.29) is 5.69 Å². The second-order valence-electron chi connectivity index (χ2n) is 3.32. The van der Waals surface area contributed by atoms with E-state index < -0.39 is 22.2 Å². The predicted octanol–water partition coefficient (Wildman–Crippen LogP) is 2.38. The quantitative estimate of drug-likeness (QED) is 0.593. The van der Waals surface area contributed by atoms with E-state index in [4.69, 9.17) is 0 Å². The zero-order chi connectivity index (χ0) is 11.7. The maximum absolute atomic E-state index is 13.5. The molecule has 0 aromatic heterocycles. The highest BCUT2D eigenvalue weighted by Crippen LogP contribution is 2.31. The van der Waals surface area contributed by atoms with Crippen molar-refractivity contribution in [3.63, 3.8) is 0 Å². The minimum Gasteiger partial charge on any atom is -0.357 e. The molecule has 16 heavy (non-hydrogen) atoms. The fourth-order valence-corrected chi connectivity index (χ4v) is 2.51. The van der Waals surface area contributed by atoms with Crippen molar-refractivity contribution in [1.29, 1.82) is 0 Å². The van der Waals surface area contributed by atoms with Gasteiger partial charge in [0.15, 0.2) is 11.6 Å². The van der Waals surface area contributed by atoms with Gasteiger partial charge in [-0.05, 0) is 0 Å². The number of hydrogen-bond donors (Lipinski definition) is 0. The van der Waals surface area contributed by atoms with Crippen molar-refractivity contribution < 1.29 is 13.7 Å². The number of thioether (sulfide) groups is 1. The lowest BCUT2D eigenvalue weighted by atomic mass is 10.2. The van der Waals surface area contributed by atoms with Gasteiger partial charge in [0.1, 0.15) is 5.69 Å². The summed E-state index contributed by atoms with van der Waals surface area (Å²) in [6.07, 6.45) is 0. The molecule has 7 heteroatoms. The highest BCUT2D eigenvalue weighted by atomic mass is 32.2. The summed E-state index contributed by atoms with van der Waals surface area (Å²) in [5.41, 5.74) is -0.735. The van der Waals surface area contributed by atoms with E-state index in [1.807, 2.05) is 0 Å². The van der Waals surface area contributed by atoms with Gasteiger partial charge in [0, 0.05) is 12.3 Å². The molecule has 0 bridgehead atoms. The summed E-state index contributed by atoms with van der Waals surface area (Å²) >= 11 is 1.56. The Labute approximate surface area is 94.4 Å². The number of benzene rings is 1. The predicted molar refractivity (Wildman–Crippen MR) is 57.7 cm³/mol. The highest BCUT2D eigenvalue weighted by molar-refractivity contribution is 7.99. The van der Waals surface area contributed by atoms with E-state index in [9.17, 15) is 18.9 Å². The van der Waals surface area contributed by atoms with Gasteiger partial charge in [0.25, 0.3) is 5.69 Å². The fourth-order valence-electron chi connectivity index (χ4n) is 1.55. The molecule has 0 spiro atoms. The Kier molecular flexibility index (Phi) is 2.95. The molecule has 4 nitrogen and oxygen atoms in total. The van der Waals surface area contributed by atoms with Gasteiger partial charge >= 0.3 is 0 Å². The average molecular weight is 246 g/mol. The van der Waals surface area contributed by atoms with Crippen molar-refractivity contribution in [2.75, 3.05) is 23.1 Å². The van der Waals surface area contributed by atoms with Crippen LogP contribution in [-0.2, 0) is 0 Å². The second-order valence-corrected chi connectivity index (χ2v) is 4.39. The number of anilines is 1. The number of rotatable bonds is 2. The van der Waals surface area contributed by atoms with Crippen LogP contribution < -0.4 is 4.90 Å². The van der Waals surface area contributed by atoms with Gasteiger partial charge in [-0.15, -0.1) is 11.8 Å². The molecule has 1 aromatic carbocycles. The molecule has 0 atom stereocenters. The van der Waals surface area contributed by atoms with Gasteiger partial charge in [0.2, 0.25) is 0 Å². The van der Waals surface area contributed by atoms with Crippen molar-refractivity contribution in [3.05, 3.63) is 33.9 Å². The van der Waals surface area contributed by atoms with E-state index in [2.05, 4.69) is 0 Å². The number of non-ortho nitro benzene ring substituents is 1. The highest BCUT2D eigenvalue weighted by Gasteiger charge is 2.23. The molecule has 0 unspecified atom stereocenters. The van der Waals surface area contributed by atoms with Crippen LogP contribution in [-0.4, -0.2) is 23.1 Å². The van der Waals surface area contributed by atoms with Crippen LogP contribution in [0.3, 0.4) is 0 Å². The fraction of sp³-hybridized carbons (Fsp3) is 0.333. The Morgan fingerprint density at radius 3 is 2.44 bits per heavy atom. The molecule has 1 aliphatic rings. The molecular weight excluding hydrogens is 238 g/mol. The number of nitro groups is 1. The molecule has 1 saturated heterocycles. The Balaban J connectivity index is 2.42. The van der Waals surface area contributed by atoms with Crippen LogP contribution in [0.2, 0.25) is 0 Å². The molecule has 0 N–H and O–H groups in total. The largest absolute Gasteiger partial charge is 0.357 e. The lowest BCUT2D eigenvalue weighted by Gasteiger charge is -2.17. The SMILES string of the molecule is O=[N+]([O-])c1cc(F)c(N2CCSC2)c(F)c1. The lowest BCUT2D eigenvalue weighted by Crippen LogP contribution is -2.20. The summed E-state index contributed by atoms with van der Waals surface area (Å²) in [6.45, 7) is 0.552. The van der Waals surface area contributed by atoms with Crippen molar-refractivity contribution in [1.82, 2.24) is 0 Å². The topological polar surface area (TPSA) is 46.4 Å². The summed E-state index contributed by atoms with van der Waals surface area (Å²) in [5, 5.41) is 10.4. The van der Waals surface area contributed by atoms with Crippen molar-refractivity contribution in [3.8, 4) is 0 Å². The third kappa shape index (κ3) is 1.95. The van der Waals surface area contributed by atoms with E-state index in [0.717, 1.165) is 17.9 Å². The van der Waals surface area contributed by atoms with Crippen LogP contribution in [0, 0.1) is 21.7 Å². The van der Waals surface area contributed by atoms with E-state index >= 15 is 0 Å². The number of nitro benzene ring substituents is 1. The third-order valence-electron chi connectivity index (χ3n) is 2.28. The molecule has 0 aliphatic carbocycles. The second kappa shape index (κ2) is 4.25. The normalized spacial score (nSPS) is 15.5. The lowest BCUT2D eigenvalue weighted by molar-refractivity contribution is -0.385. The molecule has 1 heterocycles. The third-order valence-corrected chi connectivity index (χ3v) is 3.25. The summed E-state index contributed by atoms with van der Waals surface area (Å²) in [7, 11) is 0. The summed E-state index contributed by atoms with van der Waals surface area (Å²) in [5.74, 6) is -0.454. The van der Waals surface area contributed by atoms with Gasteiger partial charge in [0.05, 0.1) is 22.9 Å². The van der Waals surface area contributed by atoms with E-state index in [1.54, 1.807) is 16.7 Å². The monoisotopic (exact) mass is 246 g/mol.